The average Bonchev–Trinajstić information content (AvgIpc) is 2.47. The first-order valence-corrected chi connectivity index (χ1v) is 4.54. The van der Waals surface area contributed by atoms with Crippen molar-refractivity contribution in [3.8, 4) is 5.75 Å². The monoisotopic (exact) mass is 180 g/mol. The van der Waals surface area contributed by atoms with Gasteiger partial charge in [-0.1, -0.05) is 12.1 Å². The molecule has 0 aromatic heterocycles. The van der Waals surface area contributed by atoms with Gasteiger partial charge in [-0.25, -0.2) is 0 Å². The number of rotatable bonds is 1. The highest BCUT2D eigenvalue weighted by Gasteiger charge is 2.21. The van der Waals surface area contributed by atoms with Crippen molar-refractivity contribution in [3.63, 3.8) is 0 Å². The van der Waals surface area contributed by atoms with Crippen molar-refractivity contribution in [2.24, 2.45) is 0 Å². The summed E-state index contributed by atoms with van der Waals surface area (Å²) in [6, 6.07) is 5.54. The summed E-state index contributed by atoms with van der Waals surface area (Å²) >= 11 is 1.43. The number of hydrogen-bond acceptors (Lipinski definition) is 3. The summed E-state index contributed by atoms with van der Waals surface area (Å²) in [5.41, 5.74) is 1.84. The molecule has 0 spiro atoms. The van der Waals surface area contributed by atoms with Crippen molar-refractivity contribution < 1.29 is 8.98 Å². The topological polar surface area (TPSA) is 26.3 Å². The Hall–Kier alpha value is -0.960. The Morgan fingerprint density at radius 1 is 1.58 bits per heavy atom. The van der Waals surface area contributed by atoms with Crippen LogP contribution in [0.2, 0.25) is 0 Å². The van der Waals surface area contributed by atoms with E-state index in [1.54, 1.807) is 6.07 Å². The van der Waals surface area contributed by atoms with Crippen LogP contribution in [0.5, 0.6) is 5.75 Å². The molecule has 0 N–H and O–H groups in total. The minimum atomic E-state index is 0.376. The molecule has 0 bridgehead atoms. The summed E-state index contributed by atoms with van der Waals surface area (Å²) in [6.07, 6.45) is 0.831. The van der Waals surface area contributed by atoms with Crippen LogP contribution in [0, 0.1) is 0 Å². The molecule has 1 aromatic rings. The summed E-state index contributed by atoms with van der Waals surface area (Å²) in [5.74, 6) is 0.831. The van der Waals surface area contributed by atoms with Gasteiger partial charge in [0.25, 0.3) is 0 Å². The summed E-state index contributed by atoms with van der Waals surface area (Å²) in [4.78, 5) is 10.4. The largest absolute Gasteiger partial charge is 0.425 e. The Bertz CT molecular complexity index is 322. The van der Waals surface area contributed by atoms with E-state index in [1.807, 2.05) is 12.1 Å². The van der Waals surface area contributed by atoms with E-state index in [9.17, 15) is 4.79 Å². The molecule has 0 saturated heterocycles. The number of aldehydes is 1. The molecule has 0 saturated carbocycles. The van der Waals surface area contributed by atoms with E-state index in [2.05, 4.69) is 6.92 Å². The molecule has 12 heavy (non-hydrogen) atoms. The Morgan fingerprint density at radius 2 is 2.42 bits per heavy atom. The third kappa shape index (κ3) is 1.10. The zero-order valence-corrected chi connectivity index (χ0v) is 7.43. The third-order valence-corrected chi connectivity index (χ3v) is 2.71. The lowest BCUT2D eigenvalue weighted by Crippen LogP contribution is -1.83. The predicted molar refractivity (Wildman–Crippen MR) is 48.5 cm³/mol. The molecule has 62 valence electrons. The fourth-order valence-electron chi connectivity index (χ4n) is 1.21. The second-order valence-corrected chi connectivity index (χ2v) is 3.80. The first kappa shape index (κ1) is 7.68. The molecule has 1 aliphatic heterocycles. The van der Waals surface area contributed by atoms with E-state index in [4.69, 9.17) is 4.18 Å². The molecule has 0 aliphatic carbocycles. The van der Waals surface area contributed by atoms with Crippen LogP contribution in [0.3, 0.4) is 0 Å². The zero-order chi connectivity index (χ0) is 8.55. The maximum absolute atomic E-state index is 10.4. The van der Waals surface area contributed by atoms with Gasteiger partial charge in [0.05, 0.1) is 17.3 Å². The zero-order valence-electron chi connectivity index (χ0n) is 6.61. The van der Waals surface area contributed by atoms with Crippen molar-refractivity contribution in [2.45, 2.75) is 12.2 Å². The van der Waals surface area contributed by atoms with E-state index in [1.165, 1.54) is 17.6 Å². The first-order chi connectivity index (χ1) is 5.81. The van der Waals surface area contributed by atoms with Crippen molar-refractivity contribution >= 4 is 18.3 Å². The maximum Gasteiger partial charge on any atom is 0.150 e. The lowest BCUT2D eigenvalue weighted by molar-refractivity contribution is 0.112. The van der Waals surface area contributed by atoms with Crippen molar-refractivity contribution in [1.29, 1.82) is 0 Å². The minimum absolute atomic E-state index is 0.376. The van der Waals surface area contributed by atoms with Gasteiger partial charge in [0, 0.05) is 11.1 Å². The number of benzene rings is 1. The summed E-state index contributed by atoms with van der Waals surface area (Å²) in [5, 5.41) is 0.376. The molecule has 0 amide bonds. The Labute approximate surface area is 75.1 Å². The van der Waals surface area contributed by atoms with Gasteiger partial charge in [-0.05, 0) is 13.0 Å². The normalized spacial score (nSPS) is 19.9. The van der Waals surface area contributed by atoms with Gasteiger partial charge in [0.2, 0.25) is 0 Å². The van der Waals surface area contributed by atoms with Gasteiger partial charge >= 0.3 is 0 Å². The molecule has 1 unspecified atom stereocenters. The van der Waals surface area contributed by atoms with Crippen LogP contribution in [0.25, 0.3) is 0 Å². The predicted octanol–water partition coefficient (Wildman–Crippen LogP) is 2.60. The lowest BCUT2D eigenvalue weighted by atomic mass is 10.1. The molecule has 0 radical (unpaired) electrons. The Balaban J connectivity index is 2.48. The van der Waals surface area contributed by atoms with Crippen LogP contribution >= 0.6 is 12.0 Å². The van der Waals surface area contributed by atoms with Gasteiger partial charge in [0.1, 0.15) is 12.0 Å². The SMILES string of the molecule is CC1SOc2cc(C=O)ccc21. The van der Waals surface area contributed by atoms with Gasteiger partial charge in [-0.15, -0.1) is 0 Å². The molecule has 2 rings (SSSR count). The second kappa shape index (κ2) is 2.83. The first-order valence-electron chi connectivity index (χ1n) is 3.73. The molecule has 3 heteroatoms. The van der Waals surface area contributed by atoms with Gasteiger partial charge < -0.3 is 4.18 Å². The quantitative estimate of drug-likeness (QED) is 0.491. The van der Waals surface area contributed by atoms with Crippen molar-refractivity contribution in [1.82, 2.24) is 0 Å². The van der Waals surface area contributed by atoms with Crippen molar-refractivity contribution in [2.75, 3.05) is 0 Å². The van der Waals surface area contributed by atoms with Crippen LogP contribution in [0.15, 0.2) is 18.2 Å². The Morgan fingerprint density at radius 3 is 3.17 bits per heavy atom. The molecule has 0 fully saturated rings. The van der Waals surface area contributed by atoms with E-state index in [0.717, 1.165) is 12.0 Å². The summed E-state index contributed by atoms with van der Waals surface area (Å²) in [6.45, 7) is 2.08. The highest BCUT2D eigenvalue weighted by Crippen LogP contribution is 2.43. The van der Waals surface area contributed by atoms with Crippen LogP contribution in [-0.4, -0.2) is 6.29 Å². The average molecular weight is 180 g/mol. The molecule has 2 nitrogen and oxygen atoms in total. The van der Waals surface area contributed by atoms with Crippen LogP contribution in [-0.2, 0) is 0 Å². The number of carbonyl (C=O) groups excluding carboxylic acids is 1. The highest BCUT2D eigenvalue weighted by molar-refractivity contribution is 7.95. The van der Waals surface area contributed by atoms with Gasteiger partial charge in [-0.2, -0.15) is 0 Å². The summed E-state index contributed by atoms with van der Waals surface area (Å²) in [7, 11) is 0. The van der Waals surface area contributed by atoms with Crippen LogP contribution < -0.4 is 4.18 Å². The highest BCUT2D eigenvalue weighted by atomic mass is 32.2. The molecular weight excluding hydrogens is 172 g/mol. The maximum atomic E-state index is 10.4. The van der Waals surface area contributed by atoms with E-state index in [-0.39, 0.29) is 0 Å². The lowest BCUT2D eigenvalue weighted by Gasteiger charge is -1.97. The van der Waals surface area contributed by atoms with E-state index < -0.39 is 0 Å². The molecule has 1 heterocycles. The van der Waals surface area contributed by atoms with Gasteiger partial charge in [-0.3, -0.25) is 4.79 Å². The number of hydrogen-bond donors (Lipinski definition) is 0. The van der Waals surface area contributed by atoms with Crippen LogP contribution in [0.1, 0.15) is 28.1 Å². The summed E-state index contributed by atoms with van der Waals surface area (Å²) < 4.78 is 5.31. The Kier molecular flexibility index (Phi) is 1.81. The van der Waals surface area contributed by atoms with E-state index in [0.29, 0.717) is 10.8 Å². The minimum Gasteiger partial charge on any atom is -0.425 e. The standard InChI is InChI=1S/C9H8O2S/c1-6-8-3-2-7(5-10)4-9(8)11-12-6/h2-6H,1H3. The molecule has 1 aliphatic rings. The molecular formula is C9H8O2S. The fraction of sp³-hybridized carbons (Fsp3) is 0.222. The molecule has 1 atom stereocenters. The number of fused-ring (bicyclic) bond motifs is 1. The fourth-order valence-corrected chi connectivity index (χ4v) is 1.90. The second-order valence-electron chi connectivity index (χ2n) is 2.74. The van der Waals surface area contributed by atoms with Crippen LogP contribution in [0.4, 0.5) is 0 Å². The van der Waals surface area contributed by atoms with Gasteiger partial charge in [0.15, 0.2) is 0 Å². The van der Waals surface area contributed by atoms with E-state index >= 15 is 0 Å². The smallest absolute Gasteiger partial charge is 0.150 e. The third-order valence-electron chi connectivity index (χ3n) is 1.89. The number of carbonyl (C=O) groups is 1. The van der Waals surface area contributed by atoms with Crippen molar-refractivity contribution in [3.05, 3.63) is 29.3 Å². The molecule has 1 aromatic carbocycles.